The van der Waals surface area contributed by atoms with Crippen molar-refractivity contribution in [3.05, 3.63) is 46.2 Å². The van der Waals surface area contributed by atoms with E-state index in [0.717, 1.165) is 0 Å². The molecule has 0 aliphatic heterocycles. The van der Waals surface area contributed by atoms with Crippen LogP contribution in [0.2, 0.25) is 0 Å². The molecule has 25 heavy (non-hydrogen) atoms. The number of Topliss-reactive ketones (excluding diaryl/α,β-unsaturated/α-hetero) is 1. The average Bonchev–Trinajstić information content (AvgIpc) is 2.51. The van der Waals surface area contributed by atoms with Crippen LogP contribution in [-0.4, -0.2) is 49.2 Å². The van der Waals surface area contributed by atoms with Crippen molar-refractivity contribution >= 4 is 12.0 Å². The number of ketones is 1. The lowest BCUT2D eigenvalue weighted by Crippen LogP contribution is -2.22. The number of allylic oxidation sites excluding steroid dienone is 2. The highest BCUT2D eigenvalue weighted by atomic mass is 19.2. The van der Waals surface area contributed by atoms with Crippen molar-refractivity contribution in [2.24, 2.45) is 4.99 Å². The van der Waals surface area contributed by atoms with Crippen LogP contribution in [-0.2, 0) is 4.79 Å². The molecule has 0 heterocycles. The van der Waals surface area contributed by atoms with E-state index in [2.05, 4.69) is 4.99 Å². The Morgan fingerprint density at radius 1 is 1.20 bits per heavy atom. The van der Waals surface area contributed by atoms with Crippen molar-refractivity contribution in [3.63, 3.8) is 0 Å². The van der Waals surface area contributed by atoms with Gasteiger partial charge in [0.15, 0.2) is 29.1 Å². The number of aliphatic hydroxyl groups is 1. The standard InChI is InChI=1S/C17H18F4N2O2/c1-23(2)4-3-22-8-10-13(24)5-9(6-14(10)25)15-16(20)11(18)7-12(19)17(15)21/h7-9,24H,3-6H2,1-2H3. The third-order valence-corrected chi connectivity index (χ3v) is 3.93. The van der Waals surface area contributed by atoms with Gasteiger partial charge in [-0.1, -0.05) is 0 Å². The average molecular weight is 358 g/mol. The lowest BCUT2D eigenvalue weighted by molar-refractivity contribution is -0.116. The van der Waals surface area contributed by atoms with E-state index >= 15 is 0 Å². The van der Waals surface area contributed by atoms with E-state index in [0.29, 0.717) is 13.1 Å². The molecular formula is C17H18F4N2O2. The van der Waals surface area contributed by atoms with Gasteiger partial charge in [0, 0.05) is 43.1 Å². The number of hydrogen-bond donors (Lipinski definition) is 1. The molecule has 0 amide bonds. The summed E-state index contributed by atoms with van der Waals surface area (Å²) in [6, 6.07) is 0.108. The van der Waals surface area contributed by atoms with Gasteiger partial charge in [0.1, 0.15) is 5.76 Å². The molecule has 1 unspecified atom stereocenters. The number of aliphatic imine (C=N–C) groups is 1. The van der Waals surface area contributed by atoms with Gasteiger partial charge in [0.05, 0.1) is 12.1 Å². The van der Waals surface area contributed by atoms with E-state index < -0.39 is 46.3 Å². The number of likely N-dealkylation sites (N-methyl/N-ethyl adjacent to an activating group) is 1. The van der Waals surface area contributed by atoms with Gasteiger partial charge in [-0.05, 0) is 14.1 Å². The summed E-state index contributed by atoms with van der Waals surface area (Å²) in [4.78, 5) is 18.1. The summed E-state index contributed by atoms with van der Waals surface area (Å²) in [5, 5.41) is 10.0. The zero-order valence-corrected chi connectivity index (χ0v) is 13.8. The number of benzene rings is 1. The fourth-order valence-corrected chi connectivity index (χ4v) is 2.62. The van der Waals surface area contributed by atoms with Crippen LogP contribution < -0.4 is 0 Å². The Morgan fingerprint density at radius 2 is 1.80 bits per heavy atom. The van der Waals surface area contributed by atoms with Gasteiger partial charge >= 0.3 is 0 Å². The Kier molecular flexibility index (Phi) is 5.94. The predicted octanol–water partition coefficient (Wildman–Crippen LogP) is 3.13. The van der Waals surface area contributed by atoms with Crippen molar-refractivity contribution in [2.45, 2.75) is 18.8 Å². The van der Waals surface area contributed by atoms with E-state index in [4.69, 9.17) is 0 Å². The molecule has 1 N–H and O–H groups in total. The van der Waals surface area contributed by atoms with Gasteiger partial charge < -0.3 is 10.0 Å². The van der Waals surface area contributed by atoms with Crippen LogP contribution in [0.4, 0.5) is 17.6 Å². The van der Waals surface area contributed by atoms with Crippen LogP contribution in [0.3, 0.4) is 0 Å². The fourth-order valence-electron chi connectivity index (χ4n) is 2.62. The highest BCUT2D eigenvalue weighted by molar-refractivity contribution is 6.14. The molecule has 1 aliphatic rings. The topological polar surface area (TPSA) is 52.9 Å². The molecule has 0 bridgehead atoms. The van der Waals surface area contributed by atoms with Gasteiger partial charge in [-0.25, -0.2) is 17.6 Å². The van der Waals surface area contributed by atoms with Crippen molar-refractivity contribution in [3.8, 4) is 0 Å². The van der Waals surface area contributed by atoms with Gasteiger partial charge in [-0.15, -0.1) is 0 Å². The second-order valence-electron chi connectivity index (χ2n) is 6.11. The second-order valence-corrected chi connectivity index (χ2v) is 6.11. The molecule has 4 nitrogen and oxygen atoms in total. The SMILES string of the molecule is CN(C)CCN=CC1=C(O)CC(c2c(F)c(F)cc(F)c2F)CC1=O. The maximum absolute atomic E-state index is 13.9. The Hall–Kier alpha value is -2.22. The van der Waals surface area contributed by atoms with Crippen LogP contribution in [0.15, 0.2) is 22.4 Å². The Bertz CT molecular complexity index is 718. The molecule has 0 spiro atoms. The summed E-state index contributed by atoms with van der Waals surface area (Å²) in [6.07, 6.45) is 0.531. The molecule has 136 valence electrons. The smallest absolute Gasteiger partial charge is 0.168 e. The van der Waals surface area contributed by atoms with E-state index in [1.54, 1.807) is 0 Å². The molecule has 1 atom stereocenters. The molecule has 1 aliphatic carbocycles. The fraction of sp³-hybridized carbons (Fsp3) is 0.412. The Labute approximate surface area is 142 Å². The lowest BCUT2D eigenvalue weighted by Gasteiger charge is -2.23. The predicted molar refractivity (Wildman–Crippen MR) is 84.8 cm³/mol. The Morgan fingerprint density at radius 3 is 2.32 bits per heavy atom. The number of halogens is 4. The summed E-state index contributed by atoms with van der Waals surface area (Å²) in [7, 11) is 3.70. The molecule has 0 aromatic heterocycles. The third-order valence-electron chi connectivity index (χ3n) is 3.93. The minimum Gasteiger partial charge on any atom is -0.511 e. The first-order valence-corrected chi connectivity index (χ1v) is 7.65. The highest BCUT2D eigenvalue weighted by Crippen LogP contribution is 2.37. The number of carbonyl (C=O) groups is 1. The van der Waals surface area contributed by atoms with Crippen LogP contribution in [0.5, 0.6) is 0 Å². The van der Waals surface area contributed by atoms with Crippen LogP contribution in [0.25, 0.3) is 0 Å². The summed E-state index contributed by atoms with van der Waals surface area (Å²) in [5.41, 5.74) is -0.909. The summed E-state index contributed by atoms with van der Waals surface area (Å²) < 4.78 is 54.5. The first-order chi connectivity index (χ1) is 11.7. The minimum atomic E-state index is -1.55. The van der Waals surface area contributed by atoms with Crippen molar-refractivity contribution in [1.82, 2.24) is 4.90 Å². The van der Waals surface area contributed by atoms with Gasteiger partial charge in [0.2, 0.25) is 0 Å². The largest absolute Gasteiger partial charge is 0.511 e. The van der Waals surface area contributed by atoms with Crippen molar-refractivity contribution in [1.29, 1.82) is 0 Å². The molecule has 2 rings (SSSR count). The first kappa shape index (κ1) is 19.1. The van der Waals surface area contributed by atoms with Gasteiger partial charge in [-0.2, -0.15) is 0 Å². The molecule has 0 saturated carbocycles. The maximum atomic E-state index is 13.9. The van der Waals surface area contributed by atoms with Crippen LogP contribution in [0, 0.1) is 23.3 Å². The van der Waals surface area contributed by atoms with E-state index in [9.17, 15) is 27.5 Å². The Balaban J connectivity index is 2.27. The number of rotatable bonds is 5. The van der Waals surface area contributed by atoms with Crippen molar-refractivity contribution < 1.29 is 27.5 Å². The van der Waals surface area contributed by atoms with E-state index in [1.807, 2.05) is 19.0 Å². The van der Waals surface area contributed by atoms with Gasteiger partial charge in [0.25, 0.3) is 0 Å². The number of carbonyl (C=O) groups excluding carboxylic acids is 1. The van der Waals surface area contributed by atoms with Crippen LogP contribution in [0.1, 0.15) is 24.3 Å². The molecule has 0 radical (unpaired) electrons. The number of hydrogen-bond acceptors (Lipinski definition) is 4. The number of aliphatic hydroxyl groups excluding tert-OH is 1. The minimum absolute atomic E-state index is 0.0484. The monoisotopic (exact) mass is 358 g/mol. The molecule has 0 fully saturated rings. The first-order valence-electron chi connectivity index (χ1n) is 7.65. The molecule has 1 aromatic carbocycles. The van der Waals surface area contributed by atoms with Crippen molar-refractivity contribution in [2.75, 3.05) is 27.2 Å². The van der Waals surface area contributed by atoms with E-state index in [-0.39, 0.29) is 24.5 Å². The molecule has 1 aromatic rings. The quantitative estimate of drug-likeness (QED) is 0.500. The lowest BCUT2D eigenvalue weighted by atomic mass is 9.82. The molecule has 0 saturated heterocycles. The molecular weight excluding hydrogens is 340 g/mol. The summed E-state index contributed by atoms with van der Waals surface area (Å²) in [5.74, 6) is -8.36. The summed E-state index contributed by atoms with van der Waals surface area (Å²) >= 11 is 0. The maximum Gasteiger partial charge on any atom is 0.168 e. The zero-order valence-electron chi connectivity index (χ0n) is 13.8. The third kappa shape index (κ3) is 4.25. The number of nitrogens with zero attached hydrogens (tertiary/aromatic N) is 2. The summed E-state index contributed by atoms with van der Waals surface area (Å²) in [6.45, 7) is 1.04. The molecule has 8 heteroatoms. The zero-order chi connectivity index (χ0) is 18.7. The van der Waals surface area contributed by atoms with Crippen LogP contribution >= 0.6 is 0 Å². The second kappa shape index (κ2) is 7.77. The highest BCUT2D eigenvalue weighted by Gasteiger charge is 2.33. The van der Waals surface area contributed by atoms with Gasteiger partial charge in [-0.3, -0.25) is 9.79 Å². The van der Waals surface area contributed by atoms with E-state index in [1.165, 1.54) is 6.21 Å². The normalized spacial score (nSPS) is 18.7.